The second-order valence-electron chi connectivity index (χ2n) is 5.75. The van der Waals surface area contributed by atoms with Crippen LogP contribution in [0.25, 0.3) is 10.2 Å². The van der Waals surface area contributed by atoms with Gasteiger partial charge in [-0.3, -0.25) is 9.59 Å². The quantitative estimate of drug-likeness (QED) is 0.795. The zero-order valence-corrected chi connectivity index (χ0v) is 13.4. The molecule has 1 saturated carbocycles. The fourth-order valence-electron chi connectivity index (χ4n) is 2.28. The molecule has 0 spiro atoms. The van der Waals surface area contributed by atoms with Crippen LogP contribution < -0.4 is 0 Å². The Hall–Kier alpha value is -1.95. The zero-order valence-electron chi connectivity index (χ0n) is 12.6. The second-order valence-corrected chi connectivity index (χ2v) is 6.87. The van der Waals surface area contributed by atoms with Gasteiger partial charge in [-0.05, 0) is 24.5 Å². The summed E-state index contributed by atoms with van der Waals surface area (Å²) in [5.41, 5.74) is 0.942. The molecule has 1 aromatic heterocycles. The number of amides is 1. The molecule has 6 heteroatoms. The molecule has 22 heavy (non-hydrogen) atoms. The number of carbonyl (C=O) groups excluding carboxylic acids is 2. The molecule has 0 N–H and O–H groups in total. The summed E-state index contributed by atoms with van der Waals surface area (Å²) in [6.45, 7) is 2.24. The Labute approximate surface area is 132 Å². The molecule has 1 aliphatic carbocycles. The third-order valence-corrected chi connectivity index (χ3v) is 4.91. The Balaban J connectivity index is 1.53. The summed E-state index contributed by atoms with van der Waals surface area (Å²) in [4.78, 5) is 29.7. The first-order valence-electron chi connectivity index (χ1n) is 7.29. The van der Waals surface area contributed by atoms with Crippen LogP contribution in [0.1, 0.15) is 18.4 Å². The molecule has 1 fully saturated rings. The molecule has 1 aromatic carbocycles. The largest absolute Gasteiger partial charge is 0.455 e. The van der Waals surface area contributed by atoms with Crippen molar-refractivity contribution in [2.75, 3.05) is 13.7 Å². The van der Waals surface area contributed by atoms with Crippen molar-refractivity contribution >= 4 is 33.4 Å². The van der Waals surface area contributed by atoms with Crippen LogP contribution in [0.15, 0.2) is 24.3 Å². The Morgan fingerprint density at radius 2 is 2.14 bits per heavy atom. The molecular formula is C16H18N2O3S. The van der Waals surface area contributed by atoms with Crippen LogP contribution in [0.2, 0.25) is 0 Å². The van der Waals surface area contributed by atoms with Crippen molar-refractivity contribution in [1.82, 2.24) is 9.88 Å². The van der Waals surface area contributed by atoms with Crippen molar-refractivity contribution < 1.29 is 14.3 Å². The van der Waals surface area contributed by atoms with Crippen molar-refractivity contribution in [3.63, 3.8) is 0 Å². The fraction of sp³-hybridized carbons (Fsp3) is 0.438. The van der Waals surface area contributed by atoms with E-state index in [9.17, 15) is 9.59 Å². The smallest absolute Gasteiger partial charge is 0.309 e. The van der Waals surface area contributed by atoms with Gasteiger partial charge in [0.2, 0.25) is 0 Å². The van der Waals surface area contributed by atoms with Crippen LogP contribution >= 0.6 is 11.3 Å². The number of likely N-dealkylation sites (N-methyl/N-ethyl adjacent to an activating group) is 1. The molecular weight excluding hydrogens is 300 g/mol. The van der Waals surface area contributed by atoms with Crippen molar-refractivity contribution in [2.45, 2.75) is 19.9 Å². The molecule has 0 aliphatic heterocycles. The second kappa shape index (κ2) is 6.04. The summed E-state index contributed by atoms with van der Waals surface area (Å²) in [5, 5.41) is 0.874. The number of carbonyl (C=O) groups is 2. The van der Waals surface area contributed by atoms with E-state index in [2.05, 4.69) is 4.98 Å². The van der Waals surface area contributed by atoms with Gasteiger partial charge >= 0.3 is 5.97 Å². The first-order valence-corrected chi connectivity index (χ1v) is 8.11. The number of para-hydroxylation sites is 1. The first kappa shape index (κ1) is 15.0. The highest BCUT2D eigenvalue weighted by molar-refractivity contribution is 7.18. The molecule has 3 rings (SSSR count). The van der Waals surface area contributed by atoms with Crippen LogP contribution in [0.5, 0.6) is 0 Å². The van der Waals surface area contributed by atoms with Gasteiger partial charge in [0.05, 0.1) is 22.7 Å². The van der Waals surface area contributed by atoms with E-state index in [1.165, 1.54) is 0 Å². The minimum atomic E-state index is -0.255. The number of aromatic nitrogens is 1. The number of hydrogen-bond donors (Lipinski definition) is 0. The Bertz CT molecular complexity index is 679. The number of esters is 1. The maximum absolute atomic E-state index is 12.0. The molecule has 1 aliphatic rings. The van der Waals surface area contributed by atoms with E-state index in [1.807, 2.05) is 31.2 Å². The number of benzene rings is 1. The number of fused-ring (bicyclic) bond motifs is 1. The Morgan fingerprint density at radius 3 is 2.82 bits per heavy atom. The van der Waals surface area contributed by atoms with Crippen LogP contribution in [0, 0.1) is 11.8 Å². The van der Waals surface area contributed by atoms with E-state index in [-0.39, 0.29) is 24.4 Å². The van der Waals surface area contributed by atoms with Crippen molar-refractivity contribution in [2.24, 2.45) is 11.8 Å². The number of rotatable bonds is 5. The Morgan fingerprint density at radius 1 is 1.41 bits per heavy atom. The van der Waals surface area contributed by atoms with Crippen molar-refractivity contribution in [1.29, 1.82) is 0 Å². The van der Waals surface area contributed by atoms with Crippen LogP contribution in [0.4, 0.5) is 0 Å². The third kappa shape index (κ3) is 3.27. The lowest BCUT2D eigenvalue weighted by Gasteiger charge is -2.15. The average Bonchev–Trinajstić information content (AvgIpc) is 3.09. The summed E-state index contributed by atoms with van der Waals surface area (Å²) < 4.78 is 6.17. The summed E-state index contributed by atoms with van der Waals surface area (Å²) in [6.07, 6.45) is 0.870. The van der Waals surface area contributed by atoms with E-state index < -0.39 is 0 Å². The maximum atomic E-state index is 12.0. The number of nitrogens with zero attached hydrogens (tertiary/aromatic N) is 2. The number of thiazole rings is 1. The number of ether oxygens (including phenoxy) is 1. The fourth-order valence-corrected chi connectivity index (χ4v) is 3.30. The molecule has 0 radical (unpaired) electrons. The zero-order chi connectivity index (χ0) is 15.7. The maximum Gasteiger partial charge on any atom is 0.309 e. The molecule has 1 heterocycles. The van der Waals surface area contributed by atoms with Gasteiger partial charge in [0, 0.05) is 7.05 Å². The molecule has 0 saturated heterocycles. The van der Waals surface area contributed by atoms with Crippen molar-refractivity contribution in [3.05, 3.63) is 29.3 Å². The topological polar surface area (TPSA) is 59.5 Å². The predicted molar refractivity (Wildman–Crippen MR) is 84.3 cm³/mol. The van der Waals surface area contributed by atoms with Gasteiger partial charge < -0.3 is 9.64 Å². The molecule has 116 valence electrons. The molecule has 1 amide bonds. The van der Waals surface area contributed by atoms with E-state index in [0.29, 0.717) is 12.5 Å². The lowest BCUT2D eigenvalue weighted by atomic mass is 10.3. The summed E-state index contributed by atoms with van der Waals surface area (Å²) >= 11 is 1.57. The average molecular weight is 318 g/mol. The highest BCUT2D eigenvalue weighted by atomic mass is 32.1. The van der Waals surface area contributed by atoms with Crippen LogP contribution in [0.3, 0.4) is 0 Å². The molecule has 2 aromatic rings. The summed E-state index contributed by atoms with van der Waals surface area (Å²) in [5.74, 6) is -0.0828. The van der Waals surface area contributed by atoms with E-state index in [0.717, 1.165) is 21.6 Å². The number of hydrogen-bond acceptors (Lipinski definition) is 5. The molecule has 0 unspecified atom stereocenters. The highest BCUT2D eigenvalue weighted by Crippen LogP contribution is 2.38. The summed E-state index contributed by atoms with van der Waals surface area (Å²) in [6, 6.07) is 7.88. The van der Waals surface area contributed by atoms with Gasteiger partial charge in [0.15, 0.2) is 6.61 Å². The molecule has 0 bridgehead atoms. The van der Waals surface area contributed by atoms with E-state index in [1.54, 1.807) is 23.3 Å². The van der Waals surface area contributed by atoms with Gasteiger partial charge in [-0.15, -0.1) is 11.3 Å². The Kier molecular flexibility index (Phi) is 4.11. The lowest BCUT2D eigenvalue weighted by Crippen LogP contribution is -2.31. The van der Waals surface area contributed by atoms with Crippen LogP contribution in [-0.4, -0.2) is 35.4 Å². The first-order chi connectivity index (χ1) is 10.5. The van der Waals surface area contributed by atoms with Gasteiger partial charge in [0.25, 0.3) is 5.91 Å². The van der Waals surface area contributed by atoms with Gasteiger partial charge in [-0.2, -0.15) is 0 Å². The summed E-state index contributed by atoms with van der Waals surface area (Å²) in [7, 11) is 1.70. The minimum absolute atomic E-state index is 0.0117. The lowest BCUT2D eigenvalue weighted by molar-refractivity contribution is -0.153. The van der Waals surface area contributed by atoms with Gasteiger partial charge in [-0.1, -0.05) is 19.1 Å². The molecule has 5 nitrogen and oxygen atoms in total. The third-order valence-electron chi connectivity index (χ3n) is 3.89. The monoisotopic (exact) mass is 318 g/mol. The molecule has 2 atom stereocenters. The predicted octanol–water partition coefficient (Wildman–Crippen LogP) is 2.45. The van der Waals surface area contributed by atoms with Crippen molar-refractivity contribution in [3.8, 4) is 0 Å². The minimum Gasteiger partial charge on any atom is -0.455 e. The highest BCUT2D eigenvalue weighted by Gasteiger charge is 2.40. The van der Waals surface area contributed by atoms with E-state index in [4.69, 9.17) is 4.74 Å². The van der Waals surface area contributed by atoms with E-state index >= 15 is 0 Å². The standard InChI is InChI=1S/C16H18N2O3S/c1-10-7-11(10)16(20)21-9-15(19)18(2)8-14-17-12-5-3-4-6-13(12)22-14/h3-6,10-11H,7-9H2,1-2H3/t10-,11-/m0/s1. The van der Waals surface area contributed by atoms with Gasteiger partial charge in [0.1, 0.15) is 5.01 Å². The van der Waals surface area contributed by atoms with Gasteiger partial charge in [-0.25, -0.2) is 4.98 Å². The van der Waals surface area contributed by atoms with Crippen LogP contribution in [-0.2, 0) is 20.9 Å². The normalized spacial score (nSPS) is 19.9. The SMILES string of the molecule is C[C@H]1C[C@@H]1C(=O)OCC(=O)N(C)Cc1nc2ccccc2s1.